The summed E-state index contributed by atoms with van der Waals surface area (Å²) in [5.41, 5.74) is 1.16. The van der Waals surface area contributed by atoms with Crippen LogP contribution in [0.5, 0.6) is 0 Å². The number of hydrogen-bond donors (Lipinski definition) is 0. The van der Waals surface area contributed by atoms with E-state index in [2.05, 4.69) is 29.0 Å². The van der Waals surface area contributed by atoms with Crippen molar-refractivity contribution in [3.63, 3.8) is 0 Å². The van der Waals surface area contributed by atoms with Gasteiger partial charge in [-0.05, 0) is 9.81 Å². The van der Waals surface area contributed by atoms with E-state index in [-0.39, 0.29) is 34.0 Å². The van der Waals surface area contributed by atoms with Gasteiger partial charge in [0.1, 0.15) is 12.8 Å². The van der Waals surface area contributed by atoms with E-state index in [4.69, 9.17) is 0 Å². The third kappa shape index (κ3) is 4.93. The Balaban J connectivity index is 0.000000240. The average Bonchev–Trinajstić information content (AvgIpc) is 3.05. The van der Waals surface area contributed by atoms with E-state index in [1.165, 1.54) is 21.1 Å². The minimum atomic E-state index is -0.495. The van der Waals surface area contributed by atoms with Crippen LogP contribution in [0.4, 0.5) is 0 Å². The number of carbonyl (C=O) groups excluding carboxylic acids is 2. The van der Waals surface area contributed by atoms with Gasteiger partial charge in [0.15, 0.2) is 5.69 Å². The molecule has 2 heterocycles. The van der Waals surface area contributed by atoms with E-state index in [1.54, 1.807) is 6.92 Å². The van der Waals surface area contributed by atoms with Gasteiger partial charge >= 0.3 is 11.9 Å². The van der Waals surface area contributed by atoms with E-state index in [1.807, 2.05) is 0 Å². The first-order valence-corrected chi connectivity index (χ1v) is 6.54. The molecule has 12 nitrogen and oxygen atoms in total. The van der Waals surface area contributed by atoms with Gasteiger partial charge in [0.25, 0.3) is 0 Å². The maximum atomic E-state index is 10.8. The fraction of sp³-hybridized carbons (Fsp3) is 0.500. The Kier molecular flexibility index (Phi) is 6.64. The monoisotopic (exact) mass is 344 g/mol. The Morgan fingerprint density at radius 3 is 1.96 bits per heavy atom. The number of rotatable bonds is 4. The van der Waals surface area contributed by atoms with Crippen LogP contribution in [0.1, 0.15) is 22.8 Å². The molecular formula is C12H16N4O8. The molecule has 0 aromatic carbocycles. The zero-order valence-corrected chi connectivity index (χ0v) is 13.5. The van der Waals surface area contributed by atoms with Crippen LogP contribution in [-0.2, 0) is 31.9 Å². The highest BCUT2D eigenvalue weighted by Crippen LogP contribution is 2.00. The summed E-state index contributed by atoms with van der Waals surface area (Å²) in [6.45, 7) is 3.10. The van der Waals surface area contributed by atoms with Crippen molar-refractivity contribution in [1.29, 1.82) is 0 Å². The van der Waals surface area contributed by atoms with Crippen molar-refractivity contribution >= 4 is 11.9 Å². The summed E-state index contributed by atoms with van der Waals surface area (Å²) >= 11 is 0. The number of methoxy groups -OCH3 is 2. The summed E-state index contributed by atoms with van der Waals surface area (Å²) in [7, 11) is 2.52. The molecule has 2 aromatic rings. The van der Waals surface area contributed by atoms with Gasteiger partial charge in [-0.2, -0.15) is 0 Å². The Bertz CT molecular complexity index is 688. The highest BCUT2D eigenvalue weighted by atomic mass is 16.8. The van der Waals surface area contributed by atoms with Crippen LogP contribution in [0.3, 0.4) is 0 Å². The first-order valence-electron chi connectivity index (χ1n) is 6.54. The van der Waals surface area contributed by atoms with Crippen molar-refractivity contribution in [2.75, 3.05) is 14.2 Å². The molecule has 0 aliphatic carbocycles. The highest BCUT2D eigenvalue weighted by molar-refractivity contribution is 5.72. The van der Waals surface area contributed by atoms with E-state index >= 15 is 0 Å². The number of aromatic nitrogens is 4. The zero-order valence-electron chi connectivity index (χ0n) is 13.5. The highest BCUT2D eigenvalue weighted by Gasteiger charge is 2.18. The third-order valence-corrected chi connectivity index (χ3v) is 2.89. The van der Waals surface area contributed by atoms with Crippen LogP contribution in [0.25, 0.3) is 0 Å². The number of nitrogens with zero attached hydrogens (tertiary/aromatic N) is 4. The Morgan fingerprint density at radius 2 is 1.54 bits per heavy atom. The normalized spacial score (nSPS) is 9.83. The predicted molar refractivity (Wildman–Crippen MR) is 71.8 cm³/mol. The van der Waals surface area contributed by atoms with Crippen molar-refractivity contribution in [2.24, 2.45) is 0 Å². The lowest BCUT2D eigenvalue weighted by molar-refractivity contribution is -0.807. The first kappa shape index (κ1) is 18.9. The van der Waals surface area contributed by atoms with Crippen molar-refractivity contribution in [1.82, 2.24) is 10.3 Å². The topological polar surface area (TPSA) is 159 Å². The maximum Gasteiger partial charge on any atom is 0.314 e. The summed E-state index contributed by atoms with van der Waals surface area (Å²) < 4.78 is 17.2. The third-order valence-electron chi connectivity index (χ3n) is 2.89. The lowest BCUT2D eigenvalue weighted by atomic mass is 10.3. The average molecular weight is 344 g/mol. The Hall–Kier alpha value is -3.18. The van der Waals surface area contributed by atoms with Crippen LogP contribution in [0.2, 0.25) is 0 Å². The van der Waals surface area contributed by atoms with E-state index in [0.29, 0.717) is 11.4 Å². The number of aryl methyl sites for hydroxylation is 1. The Labute approximate surface area is 135 Å². The molecule has 24 heavy (non-hydrogen) atoms. The van der Waals surface area contributed by atoms with Gasteiger partial charge in [0.2, 0.25) is 17.1 Å². The van der Waals surface area contributed by atoms with Crippen molar-refractivity contribution < 1.29 is 38.1 Å². The molecule has 2 rings (SSSR count). The molecule has 0 bridgehead atoms. The smallest absolute Gasteiger partial charge is 0.314 e. The predicted octanol–water partition coefficient (Wildman–Crippen LogP) is -1.34. The summed E-state index contributed by atoms with van der Waals surface area (Å²) in [4.78, 5) is 21.9. The quantitative estimate of drug-likeness (QED) is 0.480. The summed E-state index contributed by atoms with van der Waals surface area (Å²) in [6, 6.07) is 0. The first-order chi connectivity index (χ1) is 11.3. The molecule has 12 heteroatoms. The Morgan fingerprint density at radius 1 is 1.00 bits per heavy atom. The SMILES string of the molecule is COC(=O)Cc1c(C)no[n+]1[O-].COC(=O)Cc1no[n+]([O-])c1C. The van der Waals surface area contributed by atoms with E-state index in [9.17, 15) is 20.0 Å². The van der Waals surface area contributed by atoms with Gasteiger partial charge in [-0.25, -0.2) is 0 Å². The van der Waals surface area contributed by atoms with Crippen molar-refractivity contribution in [3.8, 4) is 0 Å². The molecule has 0 unspecified atom stereocenters. The van der Waals surface area contributed by atoms with Crippen LogP contribution in [0, 0.1) is 24.3 Å². The summed E-state index contributed by atoms with van der Waals surface area (Å²) in [5.74, 6) is -0.946. The van der Waals surface area contributed by atoms with E-state index in [0.717, 1.165) is 0 Å². The lowest BCUT2D eigenvalue weighted by Crippen LogP contribution is -2.30. The standard InChI is InChI=1S/2C6H8N2O4/c1-4-5(3-6(9)11-2)7-12-8(4)10;1-4-5(3-6(9)11-2)8(10)12-7-4/h2*3H2,1-2H3. The van der Waals surface area contributed by atoms with Gasteiger partial charge in [-0.15, -0.1) is 0 Å². The van der Waals surface area contributed by atoms with Crippen LogP contribution >= 0.6 is 0 Å². The largest absolute Gasteiger partial charge is 0.469 e. The lowest BCUT2D eigenvalue weighted by Gasteiger charge is -1.95. The molecule has 0 spiro atoms. The van der Waals surface area contributed by atoms with Gasteiger partial charge < -0.3 is 19.9 Å². The van der Waals surface area contributed by atoms with Gasteiger partial charge in [-0.3, -0.25) is 18.8 Å². The fourth-order valence-electron chi connectivity index (χ4n) is 1.42. The van der Waals surface area contributed by atoms with Crippen molar-refractivity contribution in [2.45, 2.75) is 26.7 Å². The molecular weight excluding hydrogens is 328 g/mol. The number of carbonyl (C=O) groups is 2. The summed E-state index contributed by atoms with van der Waals surface area (Å²) in [5, 5.41) is 28.2. The second-order valence-corrected chi connectivity index (χ2v) is 4.43. The second kappa shape index (κ2) is 8.45. The van der Waals surface area contributed by atoms with E-state index < -0.39 is 11.9 Å². The molecule has 0 radical (unpaired) electrons. The van der Waals surface area contributed by atoms with Gasteiger partial charge in [0.05, 0.1) is 14.2 Å². The molecule has 2 aromatic heterocycles. The minimum Gasteiger partial charge on any atom is -0.469 e. The number of ether oxygens (including phenoxy) is 2. The molecule has 132 valence electrons. The van der Waals surface area contributed by atoms with Crippen molar-refractivity contribution in [3.05, 3.63) is 33.2 Å². The maximum absolute atomic E-state index is 10.8. The molecule has 0 N–H and O–H groups in total. The molecule has 0 aliphatic rings. The summed E-state index contributed by atoms with van der Waals surface area (Å²) in [6.07, 6.45) is -0.156. The fourth-order valence-corrected chi connectivity index (χ4v) is 1.42. The second-order valence-electron chi connectivity index (χ2n) is 4.43. The van der Waals surface area contributed by atoms with Crippen LogP contribution < -0.4 is 9.81 Å². The molecule has 0 amide bonds. The van der Waals surface area contributed by atoms with Crippen LogP contribution in [-0.4, -0.2) is 36.5 Å². The number of hydrogen-bond acceptors (Lipinski definition) is 10. The number of esters is 2. The van der Waals surface area contributed by atoms with Gasteiger partial charge in [0, 0.05) is 24.2 Å². The molecule has 0 saturated heterocycles. The molecule has 0 fully saturated rings. The minimum absolute atomic E-state index is 0.0406. The van der Waals surface area contributed by atoms with Crippen LogP contribution in [0.15, 0.2) is 9.26 Å². The van der Waals surface area contributed by atoms with Gasteiger partial charge in [-0.1, -0.05) is 0 Å². The molecule has 0 saturated carbocycles. The molecule has 0 aliphatic heterocycles. The molecule has 0 atom stereocenters. The zero-order chi connectivity index (χ0) is 18.3.